The molecule has 0 atom stereocenters. The standard InChI is InChI=1S/C30H32N2O5/c1-30(2,3)37-29(35)31(18-10-19-32-27(33)25-15-7-8-16-26(25)28(32)34)20-17-22-11-9-14-24(21-22)36-23-12-5-4-6-13-23/h4-9,11-16,21H,10,17-20H2,1-3H3. The van der Waals surface area contributed by atoms with Crippen molar-refractivity contribution >= 4 is 17.9 Å². The Morgan fingerprint density at radius 2 is 1.43 bits per heavy atom. The van der Waals surface area contributed by atoms with Gasteiger partial charge >= 0.3 is 6.09 Å². The number of benzene rings is 3. The van der Waals surface area contributed by atoms with E-state index < -0.39 is 11.7 Å². The van der Waals surface area contributed by atoms with Crippen LogP contribution in [0.1, 0.15) is 53.5 Å². The predicted octanol–water partition coefficient (Wildman–Crippen LogP) is 5.94. The number of rotatable bonds is 9. The molecule has 3 aromatic rings. The highest BCUT2D eigenvalue weighted by Gasteiger charge is 2.34. The molecule has 0 saturated carbocycles. The Morgan fingerprint density at radius 3 is 2.08 bits per heavy atom. The number of hydrogen-bond acceptors (Lipinski definition) is 5. The summed E-state index contributed by atoms with van der Waals surface area (Å²) in [4.78, 5) is 41.2. The molecule has 0 N–H and O–H groups in total. The van der Waals surface area contributed by atoms with Crippen LogP contribution in [0.15, 0.2) is 78.9 Å². The van der Waals surface area contributed by atoms with Gasteiger partial charge in [0.05, 0.1) is 11.1 Å². The van der Waals surface area contributed by atoms with E-state index in [2.05, 4.69) is 0 Å². The van der Waals surface area contributed by atoms with Crippen LogP contribution in [0, 0.1) is 0 Å². The summed E-state index contributed by atoms with van der Waals surface area (Å²) in [7, 11) is 0. The summed E-state index contributed by atoms with van der Waals surface area (Å²) in [5, 5.41) is 0. The van der Waals surface area contributed by atoms with Gasteiger partial charge in [0, 0.05) is 19.6 Å². The van der Waals surface area contributed by atoms with Gasteiger partial charge < -0.3 is 14.4 Å². The maximum atomic E-state index is 13.0. The van der Waals surface area contributed by atoms with Crippen LogP contribution in [0.25, 0.3) is 0 Å². The van der Waals surface area contributed by atoms with Gasteiger partial charge in [0.1, 0.15) is 17.1 Å². The average Bonchev–Trinajstić information content (AvgIpc) is 3.10. The van der Waals surface area contributed by atoms with E-state index in [0.717, 1.165) is 17.1 Å². The van der Waals surface area contributed by atoms with Gasteiger partial charge in [0.15, 0.2) is 0 Å². The van der Waals surface area contributed by atoms with E-state index in [9.17, 15) is 14.4 Å². The van der Waals surface area contributed by atoms with Crippen molar-refractivity contribution in [1.29, 1.82) is 0 Å². The summed E-state index contributed by atoms with van der Waals surface area (Å²) < 4.78 is 11.6. The molecule has 0 aromatic heterocycles. The number of amides is 3. The fourth-order valence-corrected chi connectivity index (χ4v) is 4.14. The van der Waals surface area contributed by atoms with E-state index >= 15 is 0 Å². The second-order valence-electron chi connectivity index (χ2n) is 9.94. The highest BCUT2D eigenvalue weighted by molar-refractivity contribution is 6.21. The van der Waals surface area contributed by atoms with Crippen LogP contribution in [0.3, 0.4) is 0 Å². The molecule has 0 bridgehead atoms. The van der Waals surface area contributed by atoms with E-state index in [1.165, 1.54) is 4.90 Å². The molecule has 7 heteroatoms. The second kappa shape index (κ2) is 11.3. The molecule has 3 aromatic carbocycles. The molecule has 37 heavy (non-hydrogen) atoms. The maximum absolute atomic E-state index is 13.0. The number of carbonyl (C=O) groups excluding carboxylic acids is 3. The summed E-state index contributed by atoms with van der Waals surface area (Å²) >= 11 is 0. The van der Waals surface area contributed by atoms with Gasteiger partial charge in [0.2, 0.25) is 0 Å². The minimum atomic E-state index is -0.638. The Kier molecular flexibility index (Phi) is 7.92. The van der Waals surface area contributed by atoms with Crippen molar-refractivity contribution in [3.8, 4) is 11.5 Å². The zero-order valence-electron chi connectivity index (χ0n) is 21.5. The fraction of sp³-hybridized carbons (Fsp3) is 0.300. The van der Waals surface area contributed by atoms with Crippen LogP contribution in [-0.2, 0) is 11.2 Å². The molecule has 192 valence electrons. The predicted molar refractivity (Wildman–Crippen MR) is 141 cm³/mol. The number of imide groups is 1. The third-order valence-electron chi connectivity index (χ3n) is 5.89. The minimum absolute atomic E-state index is 0.228. The summed E-state index contributed by atoms with van der Waals surface area (Å²) in [5.41, 5.74) is 1.23. The van der Waals surface area contributed by atoms with Gasteiger partial charge in [-0.2, -0.15) is 0 Å². The first-order chi connectivity index (χ1) is 17.7. The number of para-hydroxylation sites is 1. The van der Waals surface area contributed by atoms with Crippen LogP contribution >= 0.6 is 0 Å². The van der Waals surface area contributed by atoms with Gasteiger partial charge in [-0.1, -0.05) is 42.5 Å². The van der Waals surface area contributed by atoms with Crippen molar-refractivity contribution in [2.45, 2.75) is 39.2 Å². The number of ether oxygens (including phenoxy) is 2. The molecule has 4 rings (SSSR count). The van der Waals surface area contributed by atoms with Crippen LogP contribution < -0.4 is 4.74 Å². The Labute approximate surface area is 217 Å². The molecule has 1 heterocycles. The smallest absolute Gasteiger partial charge is 0.410 e. The third kappa shape index (κ3) is 6.76. The van der Waals surface area contributed by atoms with Crippen molar-refractivity contribution in [2.24, 2.45) is 0 Å². The van der Waals surface area contributed by atoms with E-state index in [0.29, 0.717) is 37.1 Å². The Morgan fingerprint density at radius 1 is 0.811 bits per heavy atom. The summed E-state index contributed by atoms with van der Waals surface area (Å²) in [6.07, 6.45) is 0.617. The second-order valence-corrected chi connectivity index (χ2v) is 9.94. The third-order valence-corrected chi connectivity index (χ3v) is 5.89. The number of hydrogen-bond donors (Lipinski definition) is 0. The largest absolute Gasteiger partial charge is 0.457 e. The minimum Gasteiger partial charge on any atom is -0.457 e. The molecular formula is C30H32N2O5. The SMILES string of the molecule is CC(C)(C)OC(=O)N(CCCN1C(=O)c2ccccc2C1=O)CCc1cccc(Oc2ccccc2)c1. The van der Waals surface area contributed by atoms with Crippen molar-refractivity contribution in [2.75, 3.05) is 19.6 Å². The van der Waals surface area contributed by atoms with Crippen LogP contribution in [0.5, 0.6) is 11.5 Å². The zero-order valence-corrected chi connectivity index (χ0v) is 21.5. The first-order valence-electron chi connectivity index (χ1n) is 12.5. The van der Waals surface area contributed by atoms with Gasteiger partial charge in [-0.3, -0.25) is 14.5 Å². The topological polar surface area (TPSA) is 76.2 Å². The summed E-state index contributed by atoms with van der Waals surface area (Å²) in [6.45, 7) is 6.48. The molecule has 0 saturated heterocycles. The lowest BCUT2D eigenvalue weighted by atomic mass is 10.1. The van der Waals surface area contributed by atoms with Crippen molar-refractivity contribution in [1.82, 2.24) is 9.80 Å². The molecule has 0 fully saturated rings. The Hall–Kier alpha value is -4.13. The van der Waals surface area contributed by atoms with Crippen LogP contribution in [-0.4, -0.2) is 52.9 Å². The van der Waals surface area contributed by atoms with Crippen molar-refractivity contribution in [3.63, 3.8) is 0 Å². The first-order valence-corrected chi connectivity index (χ1v) is 12.5. The normalized spacial score (nSPS) is 12.9. The quantitative estimate of drug-likeness (QED) is 0.340. The molecular weight excluding hydrogens is 468 g/mol. The van der Waals surface area contributed by atoms with Gasteiger partial charge in [-0.25, -0.2) is 4.79 Å². The lowest BCUT2D eigenvalue weighted by molar-refractivity contribution is 0.0247. The van der Waals surface area contributed by atoms with Gasteiger partial charge in [-0.05, 0) is 75.6 Å². The van der Waals surface area contributed by atoms with E-state index in [4.69, 9.17) is 9.47 Å². The zero-order chi connectivity index (χ0) is 26.4. The number of carbonyl (C=O) groups is 3. The lowest BCUT2D eigenvalue weighted by Crippen LogP contribution is -2.40. The van der Waals surface area contributed by atoms with Crippen LogP contribution in [0.2, 0.25) is 0 Å². The first kappa shape index (κ1) is 25.9. The lowest BCUT2D eigenvalue weighted by Gasteiger charge is -2.28. The number of fused-ring (bicyclic) bond motifs is 1. The number of nitrogens with zero attached hydrogens (tertiary/aromatic N) is 2. The van der Waals surface area contributed by atoms with Gasteiger partial charge in [-0.15, -0.1) is 0 Å². The molecule has 1 aliphatic heterocycles. The molecule has 3 amide bonds. The molecule has 7 nitrogen and oxygen atoms in total. The summed E-state index contributed by atoms with van der Waals surface area (Å²) in [5.74, 6) is 0.889. The van der Waals surface area contributed by atoms with Crippen molar-refractivity contribution < 1.29 is 23.9 Å². The highest BCUT2D eigenvalue weighted by Crippen LogP contribution is 2.24. The molecule has 0 spiro atoms. The van der Waals surface area contributed by atoms with Gasteiger partial charge in [0.25, 0.3) is 11.8 Å². The monoisotopic (exact) mass is 500 g/mol. The molecule has 0 aliphatic carbocycles. The summed E-state index contributed by atoms with van der Waals surface area (Å²) in [6, 6.07) is 24.1. The van der Waals surface area contributed by atoms with Crippen LogP contribution in [0.4, 0.5) is 4.79 Å². The maximum Gasteiger partial charge on any atom is 0.410 e. The molecule has 0 radical (unpaired) electrons. The Balaban J connectivity index is 1.38. The van der Waals surface area contributed by atoms with E-state index in [1.807, 2.05) is 75.4 Å². The highest BCUT2D eigenvalue weighted by atomic mass is 16.6. The van der Waals surface area contributed by atoms with Crippen molar-refractivity contribution in [3.05, 3.63) is 95.6 Å². The molecule has 0 unspecified atom stereocenters. The fourth-order valence-electron chi connectivity index (χ4n) is 4.14. The average molecular weight is 501 g/mol. The van der Waals surface area contributed by atoms with E-state index in [1.54, 1.807) is 29.2 Å². The molecule has 1 aliphatic rings. The van der Waals surface area contributed by atoms with E-state index in [-0.39, 0.29) is 18.4 Å². The Bertz CT molecular complexity index is 1230.